The first-order chi connectivity index (χ1) is 13.1. The number of benzene rings is 1. The van der Waals surface area contributed by atoms with Crippen LogP contribution in [0, 0.1) is 12.8 Å². The molecule has 1 fully saturated rings. The van der Waals surface area contributed by atoms with Gasteiger partial charge in [-0.25, -0.2) is 9.97 Å². The van der Waals surface area contributed by atoms with Gasteiger partial charge in [-0.1, -0.05) is 25.1 Å². The maximum absolute atomic E-state index is 12.9. The van der Waals surface area contributed by atoms with Gasteiger partial charge in [0.25, 0.3) is 5.91 Å². The van der Waals surface area contributed by atoms with Gasteiger partial charge in [-0.15, -0.1) is 0 Å². The molecule has 4 rings (SSSR count). The van der Waals surface area contributed by atoms with Crippen LogP contribution in [-0.2, 0) is 0 Å². The highest BCUT2D eigenvalue weighted by molar-refractivity contribution is 5.94. The molecule has 6 nitrogen and oxygen atoms in total. The van der Waals surface area contributed by atoms with Crippen molar-refractivity contribution in [3.8, 4) is 0 Å². The molecule has 1 N–H and O–H groups in total. The zero-order valence-electron chi connectivity index (χ0n) is 15.6. The third-order valence-electron chi connectivity index (χ3n) is 4.90. The van der Waals surface area contributed by atoms with Crippen LogP contribution in [0.4, 0.5) is 11.5 Å². The smallest absolute Gasteiger partial charge is 0.272 e. The summed E-state index contributed by atoms with van der Waals surface area (Å²) in [4.78, 5) is 28.1. The zero-order chi connectivity index (χ0) is 18.8. The van der Waals surface area contributed by atoms with Crippen LogP contribution in [0.15, 0.2) is 42.6 Å². The van der Waals surface area contributed by atoms with Crippen LogP contribution in [0.1, 0.15) is 36.1 Å². The number of hydrogen-bond donors (Lipinski definition) is 1. The van der Waals surface area contributed by atoms with Gasteiger partial charge in [-0.3, -0.25) is 9.78 Å². The summed E-state index contributed by atoms with van der Waals surface area (Å²) in [7, 11) is 0. The van der Waals surface area contributed by atoms with Crippen molar-refractivity contribution in [2.45, 2.75) is 26.7 Å². The number of carbonyl (C=O) groups excluding carboxylic acids is 1. The number of likely N-dealkylation sites (tertiary alicyclic amines) is 1. The summed E-state index contributed by atoms with van der Waals surface area (Å²) in [5.74, 6) is 1.69. The van der Waals surface area contributed by atoms with Crippen molar-refractivity contribution in [1.29, 1.82) is 0 Å². The second-order valence-corrected chi connectivity index (χ2v) is 7.19. The molecule has 0 bridgehead atoms. The minimum Gasteiger partial charge on any atom is -0.338 e. The Morgan fingerprint density at radius 2 is 2.07 bits per heavy atom. The Morgan fingerprint density at radius 3 is 2.93 bits per heavy atom. The molecule has 1 atom stereocenters. The van der Waals surface area contributed by atoms with Crippen LogP contribution in [0.2, 0.25) is 0 Å². The van der Waals surface area contributed by atoms with Crippen molar-refractivity contribution in [2.75, 3.05) is 18.4 Å². The Balaban J connectivity index is 1.63. The molecule has 1 saturated heterocycles. The third kappa shape index (κ3) is 3.74. The fraction of sp³-hybridized carbons (Fsp3) is 0.333. The molecule has 138 valence electrons. The van der Waals surface area contributed by atoms with E-state index in [1.54, 1.807) is 12.3 Å². The number of carbonyl (C=O) groups is 1. The number of aryl methyl sites for hydroxylation is 1. The predicted octanol–water partition coefficient (Wildman–Crippen LogP) is 3.95. The minimum absolute atomic E-state index is 0.0221. The number of hydrogen-bond acceptors (Lipinski definition) is 5. The standard InChI is InChI=1S/C21H23N5O/c1-14-6-5-11-26(13-14)21(27)18-12-19(24-15(2)23-18)25-17-9-3-7-16-8-4-10-22-20(16)17/h3-4,7-10,12,14H,5-6,11,13H2,1-2H3,(H,23,24,25). The summed E-state index contributed by atoms with van der Waals surface area (Å²) in [5.41, 5.74) is 2.16. The first-order valence-electron chi connectivity index (χ1n) is 9.36. The summed E-state index contributed by atoms with van der Waals surface area (Å²) >= 11 is 0. The summed E-state index contributed by atoms with van der Waals surface area (Å²) in [5, 5.41) is 4.36. The molecule has 0 spiro atoms. The molecule has 1 aliphatic heterocycles. The van der Waals surface area contributed by atoms with Gasteiger partial charge in [-0.2, -0.15) is 0 Å². The molecule has 1 aromatic carbocycles. The monoisotopic (exact) mass is 361 g/mol. The molecule has 3 aromatic rings. The summed E-state index contributed by atoms with van der Waals surface area (Å²) in [6.07, 6.45) is 3.99. The molecule has 0 saturated carbocycles. The van der Waals surface area contributed by atoms with E-state index in [1.165, 1.54) is 6.42 Å². The van der Waals surface area contributed by atoms with Crippen LogP contribution in [0.25, 0.3) is 10.9 Å². The van der Waals surface area contributed by atoms with E-state index in [0.29, 0.717) is 23.3 Å². The average Bonchev–Trinajstić information content (AvgIpc) is 2.67. The maximum Gasteiger partial charge on any atom is 0.272 e. The fourth-order valence-electron chi connectivity index (χ4n) is 3.62. The lowest BCUT2D eigenvalue weighted by Gasteiger charge is -2.30. The quantitative estimate of drug-likeness (QED) is 0.765. The Morgan fingerprint density at radius 1 is 1.22 bits per heavy atom. The van der Waals surface area contributed by atoms with Gasteiger partial charge in [0, 0.05) is 30.7 Å². The molecule has 3 heterocycles. The Hall–Kier alpha value is -3.02. The topological polar surface area (TPSA) is 71.0 Å². The molecular formula is C21H23N5O. The van der Waals surface area contributed by atoms with E-state index in [4.69, 9.17) is 0 Å². The van der Waals surface area contributed by atoms with Crippen molar-refractivity contribution in [1.82, 2.24) is 19.9 Å². The van der Waals surface area contributed by atoms with Gasteiger partial charge in [0.2, 0.25) is 0 Å². The number of nitrogens with one attached hydrogen (secondary N) is 1. The normalized spacial score (nSPS) is 17.1. The lowest BCUT2D eigenvalue weighted by Crippen LogP contribution is -2.39. The van der Waals surface area contributed by atoms with Gasteiger partial charge in [0.05, 0.1) is 11.2 Å². The molecule has 1 aliphatic rings. The molecular weight excluding hydrogens is 338 g/mol. The van der Waals surface area contributed by atoms with Gasteiger partial charge in [0.1, 0.15) is 17.3 Å². The summed E-state index contributed by atoms with van der Waals surface area (Å²) in [6, 6.07) is 11.6. The molecule has 0 aliphatic carbocycles. The lowest BCUT2D eigenvalue weighted by molar-refractivity contribution is 0.0676. The van der Waals surface area contributed by atoms with Gasteiger partial charge in [-0.05, 0) is 37.8 Å². The van der Waals surface area contributed by atoms with Crippen molar-refractivity contribution in [3.63, 3.8) is 0 Å². The number of para-hydroxylation sites is 1. The highest BCUT2D eigenvalue weighted by Crippen LogP contribution is 2.24. The van der Waals surface area contributed by atoms with E-state index < -0.39 is 0 Å². The molecule has 27 heavy (non-hydrogen) atoms. The number of pyridine rings is 1. The molecule has 1 amide bonds. The number of rotatable bonds is 3. The van der Waals surface area contributed by atoms with E-state index >= 15 is 0 Å². The minimum atomic E-state index is -0.0221. The maximum atomic E-state index is 12.9. The van der Waals surface area contributed by atoms with Crippen molar-refractivity contribution >= 4 is 28.3 Å². The van der Waals surface area contributed by atoms with Crippen LogP contribution in [0.3, 0.4) is 0 Å². The number of amides is 1. The third-order valence-corrected chi connectivity index (χ3v) is 4.90. The summed E-state index contributed by atoms with van der Waals surface area (Å²) in [6.45, 7) is 5.58. The lowest BCUT2D eigenvalue weighted by atomic mass is 10.00. The van der Waals surface area contributed by atoms with Gasteiger partial charge < -0.3 is 10.2 Å². The van der Waals surface area contributed by atoms with Crippen LogP contribution >= 0.6 is 0 Å². The Labute approximate surface area is 158 Å². The van der Waals surface area contributed by atoms with Gasteiger partial charge in [0.15, 0.2) is 0 Å². The highest BCUT2D eigenvalue weighted by atomic mass is 16.2. The average molecular weight is 361 g/mol. The van der Waals surface area contributed by atoms with Crippen molar-refractivity contribution < 1.29 is 4.79 Å². The predicted molar refractivity (Wildman–Crippen MR) is 106 cm³/mol. The molecule has 1 unspecified atom stereocenters. The Bertz CT molecular complexity index is 982. The van der Waals surface area contributed by atoms with Crippen LogP contribution in [0.5, 0.6) is 0 Å². The zero-order valence-corrected chi connectivity index (χ0v) is 15.6. The molecule has 0 radical (unpaired) electrons. The second kappa shape index (κ2) is 7.31. The van der Waals surface area contributed by atoms with E-state index in [1.807, 2.05) is 42.2 Å². The number of nitrogens with zero attached hydrogens (tertiary/aromatic N) is 4. The van der Waals surface area contributed by atoms with E-state index in [9.17, 15) is 4.79 Å². The summed E-state index contributed by atoms with van der Waals surface area (Å²) < 4.78 is 0. The van der Waals surface area contributed by atoms with E-state index in [0.717, 1.165) is 36.1 Å². The molecule has 6 heteroatoms. The number of fused-ring (bicyclic) bond motifs is 1. The SMILES string of the molecule is Cc1nc(Nc2cccc3cccnc23)cc(C(=O)N2CCCC(C)C2)n1. The van der Waals surface area contributed by atoms with E-state index in [-0.39, 0.29) is 5.91 Å². The van der Waals surface area contributed by atoms with E-state index in [2.05, 4.69) is 27.2 Å². The Kier molecular flexibility index (Phi) is 4.71. The first-order valence-corrected chi connectivity index (χ1v) is 9.36. The fourth-order valence-corrected chi connectivity index (χ4v) is 3.62. The second-order valence-electron chi connectivity index (χ2n) is 7.19. The van der Waals surface area contributed by atoms with Gasteiger partial charge >= 0.3 is 0 Å². The number of aromatic nitrogens is 3. The number of piperidine rings is 1. The number of anilines is 2. The highest BCUT2D eigenvalue weighted by Gasteiger charge is 2.23. The van der Waals surface area contributed by atoms with Crippen LogP contribution < -0.4 is 5.32 Å². The first kappa shape index (κ1) is 17.4. The van der Waals surface area contributed by atoms with Crippen LogP contribution in [-0.4, -0.2) is 38.8 Å². The molecule has 2 aromatic heterocycles. The largest absolute Gasteiger partial charge is 0.338 e. The van der Waals surface area contributed by atoms with Crippen molar-refractivity contribution in [3.05, 3.63) is 54.1 Å². The van der Waals surface area contributed by atoms with Crippen molar-refractivity contribution in [2.24, 2.45) is 5.92 Å².